The summed E-state index contributed by atoms with van der Waals surface area (Å²) < 4.78 is 10.7. The number of ether oxygens (including phenoxy) is 2. The Labute approximate surface area is 221 Å². The zero-order valence-electron chi connectivity index (χ0n) is 21.4. The molecule has 37 heavy (non-hydrogen) atoms. The van der Waals surface area contributed by atoms with Gasteiger partial charge in [0.25, 0.3) is 5.56 Å². The second-order valence-corrected chi connectivity index (χ2v) is 9.29. The molecular formula is C29H30ClN3O4. The predicted octanol–water partition coefficient (Wildman–Crippen LogP) is 6.09. The van der Waals surface area contributed by atoms with E-state index >= 15 is 0 Å². The number of H-pyrrole nitrogens is 1. The number of nitrogens with one attached hydrogen (secondary N) is 2. The van der Waals surface area contributed by atoms with E-state index < -0.39 is 0 Å². The fraction of sp³-hybridized carbons (Fsp3) is 0.241. The molecule has 0 spiro atoms. The highest BCUT2D eigenvalue weighted by molar-refractivity contribution is 6.33. The molecular weight excluding hydrogens is 490 g/mol. The van der Waals surface area contributed by atoms with Gasteiger partial charge in [0.05, 0.1) is 37.0 Å². The van der Waals surface area contributed by atoms with Crippen LogP contribution in [0, 0.1) is 13.8 Å². The summed E-state index contributed by atoms with van der Waals surface area (Å²) in [7, 11) is 3.17. The van der Waals surface area contributed by atoms with Gasteiger partial charge in [-0.25, -0.2) is 4.79 Å². The molecule has 0 saturated carbocycles. The monoisotopic (exact) mass is 519 g/mol. The summed E-state index contributed by atoms with van der Waals surface area (Å²) in [5, 5.41) is 4.28. The topological polar surface area (TPSA) is 83.7 Å². The lowest BCUT2D eigenvalue weighted by Gasteiger charge is -2.24. The second kappa shape index (κ2) is 11.4. The lowest BCUT2D eigenvalue weighted by Crippen LogP contribution is -2.37. The third-order valence-corrected chi connectivity index (χ3v) is 6.73. The van der Waals surface area contributed by atoms with Gasteiger partial charge in [-0.2, -0.15) is 0 Å². The Bertz CT molecular complexity index is 1500. The number of carbonyl (C=O) groups is 1. The minimum Gasteiger partial charge on any atom is -0.493 e. The number of fused-ring (bicyclic) bond motifs is 1. The van der Waals surface area contributed by atoms with Gasteiger partial charge in [-0.1, -0.05) is 41.9 Å². The molecule has 0 aliphatic carbocycles. The van der Waals surface area contributed by atoms with E-state index in [9.17, 15) is 9.59 Å². The number of methoxy groups -OCH3 is 2. The fourth-order valence-electron chi connectivity index (χ4n) is 4.25. The van der Waals surface area contributed by atoms with Crippen LogP contribution in [0.5, 0.6) is 11.5 Å². The van der Waals surface area contributed by atoms with Crippen LogP contribution in [-0.2, 0) is 13.0 Å². The van der Waals surface area contributed by atoms with Gasteiger partial charge >= 0.3 is 6.03 Å². The highest BCUT2D eigenvalue weighted by Gasteiger charge is 2.18. The molecule has 0 bridgehead atoms. The van der Waals surface area contributed by atoms with Crippen molar-refractivity contribution in [1.82, 2.24) is 9.88 Å². The summed E-state index contributed by atoms with van der Waals surface area (Å²) in [6.07, 6.45) is 0.542. The normalized spacial score (nSPS) is 10.8. The van der Waals surface area contributed by atoms with Gasteiger partial charge < -0.3 is 24.7 Å². The molecule has 0 fully saturated rings. The number of nitrogens with zero attached hydrogens (tertiary/aromatic N) is 1. The number of urea groups is 1. The first-order chi connectivity index (χ1) is 17.8. The standard InChI is InChI=1S/C29H30ClN3O4/c1-18-9-10-19(2)27-22(18)16-21(28(34)32-27)17-33(29(35)31-24-8-6-5-7-23(24)30)14-13-20-11-12-25(36-3)26(15-20)37-4/h5-12,15-16H,13-14,17H2,1-4H3,(H,31,35)(H,32,34). The Balaban J connectivity index is 1.65. The first-order valence-electron chi connectivity index (χ1n) is 11.9. The van der Waals surface area contributed by atoms with Crippen molar-refractivity contribution in [1.29, 1.82) is 0 Å². The number of rotatable bonds is 8. The first kappa shape index (κ1) is 26.1. The highest BCUT2D eigenvalue weighted by atomic mass is 35.5. The van der Waals surface area contributed by atoms with E-state index in [1.807, 2.05) is 50.2 Å². The summed E-state index contributed by atoms with van der Waals surface area (Å²) in [6.45, 7) is 4.45. The number of hydrogen-bond acceptors (Lipinski definition) is 4. The van der Waals surface area contributed by atoms with Gasteiger partial charge in [0, 0.05) is 17.5 Å². The van der Waals surface area contributed by atoms with Crippen molar-refractivity contribution >= 4 is 34.2 Å². The van der Waals surface area contributed by atoms with E-state index in [0.717, 1.165) is 27.6 Å². The van der Waals surface area contributed by atoms with Crippen molar-refractivity contribution in [2.45, 2.75) is 26.8 Å². The highest BCUT2D eigenvalue weighted by Crippen LogP contribution is 2.28. The van der Waals surface area contributed by atoms with Gasteiger partial charge in [-0.15, -0.1) is 0 Å². The molecule has 1 heterocycles. The van der Waals surface area contributed by atoms with Gasteiger partial charge in [-0.05, 0) is 67.3 Å². The van der Waals surface area contributed by atoms with Crippen LogP contribution in [0.2, 0.25) is 5.02 Å². The summed E-state index contributed by atoms with van der Waals surface area (Å²) in [4.78, 5) is 31.1. The van der Waals surface area contributed by atoms with E-state index in [-0.39, 0.29) is 18.1 Å². The number of aromatic nitrogens is 1. The number of hydrogen-bond donors (Lipinski definition) is 2. The third-order valence-electron chi connectivity index (χ3n) is 6.40. The fourth-order valence-corrected chi connectivity index (χ4v) is 4.43. The summed E-state index contributed by atoms with van der Waals surface area (Å²) in [5.41, 5.74) is 4.61. The van der Waals surface area contributed by atoms with Crippen LogP contribution in [0.4, 0.5) is 10.5 Å². The number of carbonyl (C=O) groups excluding carboxylic acids is 1. The van der Waals surface area contributed by atoms with Crippen molar-refractivity contribution in [2.24, 2.45) is 0 Å². The molecule has 4 aromatic rings. The number of benzene rings is 3. The number of halogens is 1. The second-order valence-electron chi connectivity index (χ2n) is 8.88. The van der Waals surface area contributed by atoms with Gasteiger partial charge in [0.15, 0.2) is 11.5 Å². The van der Waals surface area contributed by atoms with Crippen molar-refractivity contribution in [3.05, 3.63) is 98.3 Å². The molecule has 192 valence electrons. The number of amides is 2. The number of aromatic amines is 1. The molecule has 1 aromatic heterocycles. The predicted molar refractivity (Wildman–Crippen MR) is 148 cm³/mol. The molecule has 8 heteroatoms. The Morgan fingerprint density at radius 3 is 2.43 bits per heavy atom. The number of para-hydroxylation sites is 1. The maximum Gasteiger partial charge on any atom is 0.322 e. The number of anilines is 1. The number of aryl methyl sites for hydroxylation is 2. The third kappa shape index (κ3) is 5.89. The maximum atomic E-state index is 13.4. The Kier molecular flexibility index (Phi) is 8.04. The number of pyridine rings is 1. The van der Waals surface area contributed by atoms with Crippen LogP contribution in [0.1, 0.15) is 22.3 Å². The van der Waals surface area contributed by atoms with Gasteiger partial charge in [-0.3, -0.25) is 4.79 Å². The van der Waals surface area contributed by atoms with Gasteiger partial charge in [0.2, 0.25) is 0 Å². The minimum atomic E-state index is -0.353. The molecule has 0 atom stereocenters. The SMILES string of the molecule is COc1ccc(CCN(Cc2cc3c(C)ccc(C)c3[nH]c2=O)C(=O)Nc2ccccc2Cl)cc1OC. The van der Waals surface area contributed by atoms with Crippen molar-refractivity contribution in [3.8, 4) is 11.5 Å². The van der Waals surface area contributed by atoms with E-state index in [0.29, 0.717) is 40.7 Å². The van der Waals surface area contributed by atoms with Crippen LogP contribution in [0.25, 0.3) is 10.9 Å². The Morgan fingerprint density at radius 2 is 1.70 bits per heavy atom. The largest absolute Gasteiger partial charge is 0.493 e. The molecule has 0 radical (unpaired) electrons. The molecule has 2 amide bonds. The summed E-state index contributed by atoms with van der Waals surface area (Å²) >= 11 is 6.28. The molecule has 0 saturated heterocycles. The van der Waals surface area contributed by atoms with Crippen LogP contribution in [0.15, 0.2) is 65.5 Å². The molecule has 3 aromatic carbocycles. The summed E-state index contributed by atoms with van der Waals surface area (Å²) in [6, 6.07) is 18.2. The lowest BCUT2D eigenvalue weighted by molar-refractivity contribution is 0.209. The molecule has 7 nitrogen and oxygen atoms in total. The molecule has 0 aliphatic rings. The van der Waals surface area contributed by atoms with Crippen molar-refractivity contribution < 1.29 is 14.3 Å². The Morgan fingerprint density at radius 1 is 0.973 bits per heavy atom. The molecule has 0 aliphatic heterocycles. The first-order valence-corrected chi connectivity index (χ1v) is 12.3. The van der Waals surface area contributed by atoms with E-state index in [4.69, 9.17) is 21.1 Å². The van der Waals surface area contributed by atoms with E-state index in [1.54, 1.807) is 43.4 Å². The van der Waals surface area contributed by atoms with Crippen LogP contribution in [-0.4, -0.2) is 36.7 Å². The zero-order valence-corrected chi connectivity index (χ0v) is 22.1. The zero-order chi connectivity index (χ0) is 26.5. The molecule has 2 N–H and O–H groups in total. The quantitative estimate of drug-likeness (QED) is 0.295. The van der Waals surface area contributed by atoms with Gasteiger partial charge in [0.1, 0.15) is 0 Å². The van der Waals surface area contributed by atoms with Crippen molar-refractivity contribution in [3.63, 3.8) is 0 Å². The van der Waals surface area contributed by atoms with Crippen LogP contribution < -0.4 is 20.3 Å². The van der Waals surface area contributed by atoms with E-state index in [2.05, 4.69) is 10.3 Å². The van der Waals surface area contributed by atoms with Crippen LogP contribution in [0.3, 0.4) is 0 Å². The Hall–Kier alpha value is -3.97. The average Bonchev–Trinajstić information content (AvgIpc) is 2.90. The van der Waals surface area contributed by atoms with Crippen LogP contribution >= 0.6 is 11.6 Å². The molecule has 4 rings (SSSR count). The van der Waals surface area contributed by atoms with Crippen molar-refractivity contribution in [2.75, 3.05) is 26.1 Å². The lowest BCUT2D eigenvalue weighted by atomic mass is 10.0. The average molecular weight is 520 g/mol. The van der Waals surface area contributed by atoms with E-state index in [1.165, 1.54) is 0 Å². The minimum absolute atomic E-state index is 0.127. The molecule has 0 unspecified atom stereocenters. The maximum absolute atomic E-state index is 13.4. The summed E-state index contributed by atoms with van der Waals surface area (Å²) in [5.74, 6) is 1.25. The smallest absolute Gasteiger partial charge is 0.322 e.